The Morgan fingerprint density at radius 2 is 2.07 bits per heavy atom. The highest BCUT2D eigenvalue weighted by molar-refractivity contribution is 9.10. The molecule has 0 saturated carbocycles. The average Bonchev–Trinajstić information content (AvgIpc) is 2.22. The van der Waals surface area contributed by atoms with Gasteiger partial charge in [-0.25, -0.2) is 4.98 Å². The van der Waals surface area contributed by atoms with Gasteiger partial charge in [-0.05, 0) is 46.3 Å². The van der Waals surface area contributed by atoms with Crippen molar-refractivity contribution in [2.75, 3.05) is 11.1 Å². The highest BCUT2D eigenvalue weighted by Gasteiger charge is 2.00. The molecule has 2 rings (SSSR count). The third-order valence-corrected chi connectivity index (χ3v) is 2.55. The fraction of sp³-hybridized carbons (Fsp3) is 0. The minimum atomic E-state index is 0.729. The zero-order chi connectivity index (χ0) is 10.7. The highest BCUT2D eigenvalue weighted by atomic mass is 79.9. The van der Waals surface area contributed by atoms with E-state index in [1.54, 1.807) is 6.20 Å². The summed E-state index contributed by atoms with van der Waals surface area (Å²) in [5.74, 6) is 0.781. The third kappa shape index (κ3) is 2.47. The van der Waals surface area contributed by atoms with Crippen LogP contribution in [0.3, 0.4) is 0 Å². The number of rotatable bonds is 2. The Kier molecular flexibility index (Phi) is 2.87. The zero-order valence-corrected chi connectivity index (χ0v) is 9.53. The van der Waals surface area contributed by atoms with Crippen LogP contribution in [0.25, 0.3) is 0 Å². The molecule has 1 aromatic carbocycles. The van der Waals surface area contributed by atoms with E-state index in [2.05, 4.69) is 26.2 Å². The van der Waals surface area contributed by atoms with Crippen LogP contribution >= 0.6 is 15.9 Å². The molecule has 0 spiro atoms. The second kappa shape index (κ2) is 4.31. The number of anilines is 3. The molecular weight excluding hydrogens is 254 g/mol. The second-order valence-electron chi connectivity index (χ2n) is 3.08. The molecule has 3 N–H and O–H groups in total. The zero-order valence-electron chi connectivity index (χ0n) is 7.94. The lowest BCUT2D eigenvalue weighted by molar-refractivity contribution is 1.29. The summed E-state index contributed by atoms with van der Waals surface area (Å²) in [7, 11) is 0. The maximum Gasteiger partial charge on any atom is 0.144 e. The van der Waals surface area contributed by atoms with Crippen molar-refractivity contribution in [3.05, 3.63) is 47.1 Å². The molecule has 15 heavy (non-hydrogen) atoms. The van der Waals surface area contributed by atoms with Crippen molar-refractivity contribution in [1.82, 2.24) is 4.98 Å². The number of pyridine rings is 1. The van der Waals surface area contributed by atoms with Crippen LogP contribution in [0.4, 0.5) is 17.2 Å². The van der Waals surface area contributed by atoms with E-state index in [4.69, 9.17) is 5.73 Å². The Morgan fingerprint density at radius 3 is 2.80 bits per heavy atom. The van der Waals surface area contributed by atoms with Crippen LogP contribution in [0, 0.1) is 0 Å². The quantitative estimate of drug-likeness (QED) is 0.819. The smallest absolute Gasteiger partial charge is 0.144 e. The standard InChI is InChI=1S/C11H10BrN3/c12-10-5-2-6-14-11(10)15-9-4-1-3-8(13)7-9/h1-7H,13H2,(H,14,15). The first kappa shape index (κ1) is 9.98. The SMILES string of the molecule is Nc1cccc(Nc2ncccc2Br)c1. The highest BCUT2D eigenvalue weighted by Crippen LogP contribution is 2.23. The topological polar surface area (TPSA) is 50.9 Å². The Bertz CT molecular complexity index is 471. The van der Waals surface area contributed by atoms with Gasteiger partial charge in [0.25, 0.3) is 0 Å². The molecule has 0 unspecified atom stereocenters. The summed E-state index contributed by atoms with van der Waals surface area (Å²) in [6, 6.07) is 11.3. The molecule has 2 aromatic rings. The van der Waals surface area contributed by atoms with Gasteiger partial charge in [0.1, 0.15) is 5.82 Å². The van der Waals surface area contributed by atoms with Crippen LogP contribution in [0.1, 0.15) is 0 Å². The van der Waals surface area contributed by atoms with E-state index in [9.17, 15) is 0 Å². The Morgan fingerprint density at radius 1 is 1.20 bits per heavy atom. The first-order chi connectivity index (χ1) is 7.25. The Labute approximate surface area is 96.5 Å². The second-order valence-corrected chi connectivity index (χ2v) is 3.94. The first-order valence-electron chi connectivity index (χ1n) is 4.49. The number of nitrogens with two attached hydrogens (primary N) is 1. The Balaban J connectivity index is 2.26. The molecule has 3 nitrogen and oxygen atoms in total. The van der Waals surface area contributed by atoms with Gasteiger partial charge in [0.15, 0.2) is 0 Å². The monoisotopic (exact) mass is 263 g/mol. The van der Waals surface area contributed by atoms with Gasteiger partial charge in [0.2, 0.25) is 0 Å². The molecule has 4 heteroatoms. The fourth-order valence-electron chi connectivity index (χ4n) is 1.23. The molecule has 0 amide bonds. The van der Waals surface area contributed by atoms with Crippen LogP contribution < -0.4 is 11.1 Å². The predicted octanol–water partition coefficient (Wildman–Crippen LogP) is 3.17. The van der Waals surface area contributed by atoms with E-state index in [0.717, 1.165) is 21.7 Å². The van der Waals surface area contributed by atoms with Crippen molar-refractivity contribution < 1.29 is 0 Å². The van der Waals surface area contributed by atoms with E-state index in [1.165, 1.54) is 0 Å². The normalized spacial score (nSPS) is 9.93. The summed E-state index contributed by atoms with van der Waals surface area (Å²) in [5, 5.41) is 3.18. The number of halogens is 1. The minimum Gasteiger partial charge on any atom is -0.399 e. The van der Waals surface area contributed by atoms with Gasteiger partial charge in [0, 0.05) is 17.6 Å². The van der Waals surface area contributed by atoms with E-state index < -0.39 is 0 Å². The molecule has 0 fully saturated rings. The minimum absolute atomic E-state index is 0.729. The van der Waals surface area contributed by atoms with Gasteiger partial charge >= 0.3 is 0 Å². The van der Waals surface area contributed by atoms with Crippen LogP contribution in [-0.2, 0) is 0 Å². The molecule has 1 heterocycles. The van der Waals surface area contributed by atoms with E-state index in [0.29, 0.717) is 0 Å². The maximum absolute atomic E-state index is 5.68. The van der Waals surface area contributed by atoms with Crippen LogP contribution in [0.2, 0.25) is 0 Å². The number of nitrogens with zero attached hydrogens (tertiary/aromatic N) is 1. The van der Waals surface area contributed by atoms with Gasteiger partial charge in [0.05, 0.1) is 4.47 Å². The van der Waals surface area contributed by atoms with Crippen molar-refractivity contribution >= 4 is 33.1 Å². The number of nitrogen functional groups attached to an aromatic ring is 1. The molecule has 0 atom stereocenters. The lowest BCUT2D eigenvalue weighted by Gasteiger charge is -2.07. The van der Waals surface area contributed by atoms with Gasteiger partial charge < -0.3 is 11.1 Å². The molecule has 0 bridgehead atoms. The van der Waals surface area contributed by atoms with Gasteiger partial charge in [-0.15, -0.1) is 0 Å². The third-order valence-electron chi connectivity index (χ3n) is 1.91. The number of aromatic nitrogens is 1. The van der Waals surface area contributed by atoms with Crippen molar-refractivity contribution in [1.29, 1.82) is 0 Å². The fourth-order valence-corrected chi connectivity index (χ4v) is 1.58. The van der Waals surface area contributed by atoms with Crippen molar-refractivity contribution in [3.8, 4) is 0 Å². The van der Waals surface area contributed by atoms with Gasteiger partial charge in [-0.1, -0.05) is 6.07 Å². The molecule has 0 aliphatic rings. The molecule has 0 aliphatic heterocycles. The summed E-state index contributed by atoms with van der Waals surface area (Å²) < 4.78 is 0.924. The largest absolute Gasteiger partial charge is 0.399 e. The van der Waals surface area contributed by atoms with E-state index in [1.807, 2.05) is 36.4 Å². The number of hydrogen-bond donors (Lipinski definition) is 2. The predicted molar refractivity (Wildman–Crippen MR) is 66.1 cm³/mol. The lowest BCUT2D eigenvalue weighted by Crippen LogP contribution is -1.95. The molecule has 0 saturated heterocycles. The summed E-state index contributed by atoms with van der Waals surface area (Å²) in [4.78, 5) is 4.20. The molecule has 0 aliphatic carbocycles. The maximum atomic E-state index is 5.68. The summed E-state index contributed by atoms with van der Waals surface area (Å²) >= 11 is 3.42. The van der Waals surface area contributed by atoms with Crippen LogP contribution in [-0.4, -0.2) is 4.98 Å². The molecule has 0 radical (unpaired) electrons. The number of benzene rings is 1. The summed E-state index contributed by atoms with van der Waals surface area (Å²) in [6.07, 6.45) is 1.74. The lowest BCUT2D eigenvalue weighted by atomic mass is 10.3. The summed E-state index contributed by atoms with van der Waals surface area (Å²) in [5.41, 5.74) is 7.33. The molecule has 76 valence electrons. The van der Waals surface area contributed by atoms with Crippen molar-refractivity contribution in [2.45, 2.75) is 0 Å². The Hall–Kier alpha value is -1.55. The number of hydrogen-bond acceptors (Lipinski definition) is 3. The van der Waals surface area contributed by atoms with E-state index in [-0.39, 0.29) is 0 Å². The van der Waals surface area contributed by atoms with Gasteiger partial charge in [-0.2, -0.15) is 0 Å². The van der Waals surface area contributed by atoms with Crippen molar-refractivity contribution in [3.63, 3.8) is 0 Å². The summed E-state index contributed by atoms with van der Waals surface area (Å²) in [6.45, 7) is 0. The molecule has 1 aromatic heterocycles. The van der Waals surface area contributed by atoms with Crippen LogP contribution in [0.15, 0.2) is 47.1 Å². The average molecular weight is 264 g/mol. The van der Waals surface area contributed by atoms with E-state index >= 15 is 0 Å². The van der Waals surface area contributed by atoms with Crippen LogP contribution in [0.5, 0.6) is 0 Å². The molecular formula is C11H10BrN3. The van der Waals surface area contributed by atoms with Crippen molar-refractivity contribution in [2.24, 2.45) is 0 Å². The van der Waals surface area contributed by atoms with Gasteiger partial charge in [-0.3, -0.25) is 0 Å². The number of nitrogens with one attached hydrogen (secondary N) is 1. The first-order valence-corrected chi connectivity index (χ1v) is 5.28.